The molecular formula is C53H32N2O3. The molecule has 0 fully saturated rings. The van der Waals surface area contributed by atoms with E-state index in [1.807, 2.05) is 0 Å². The van der Waals surface area contributed by atoms with Gasteiger partial charge in [0.05, 0.1) is 5.69 Å². The van der Waals surface area contributed by atoms with E-state index < -0.39 is 0 Å². The first kappa shape index (κ1) is 30.8. The maximum absolute atomic E-state index is 6.93. The van der Waals surface area contributed by atoms with Crippen molar-refractivity contribution in [1.29, 1.82) is 0 Å². The second-order valence-electron chi connectivity index (χ2n) is 16.0. The third-order valence-electron chi connectivity index (χ3n) is 12.9. The van der Waals surface area contributed by atoms with E-state index in [1.165, 1.54) is 60.2 Å². The van der Waals surface area contributed by atoms with Crippen molar-refractivity contribution in [2.24, 2.45) is 10.9 Å². The van der Waals surface area contributed by atoms with Gasteiger partial charge in [-0.05, 0) is 92.6 Å². The topological polar surface area (TPSA) is 63.8 Å². The summed E-state index contributed by atoms with van der Waals surface area (Å²) in [6, 6.07) is 43.0. The summed E-state index contributed by atoms with van der Waals surface area (Å²) in [4.78, 5) is 5.47. The molecular weight excluding hydrogens is 713 g/mol. The van der Waals surface area contributed by atoms with Gasteiger partial charge in [-0.1, -0.05) is 121 Å². The SMILES string of the molecule is C1=CC(C2N=C(c3cccc4oc5c(c34)C=CC3C5=C3c3cccc4c5cccc6oc7cccc(c34)c7c65)c3oc4ccc(-c5ccccc5)cc4c3N2)=CCC1. The van der Waals surface area contributed by atoms with Crippen LogP contribution in [0.5, 0.6) is 0 Å². The third kappa shape index (κ3) is 4.07. The van der Waals surface area contributed by atoms with Gasteiger partial charge in [0.15, 0.2) is 5.76 Å². The molecule has 58 heavy (non-hydrogen) atoms. The van der Waals surface area contributed by atoms with Crippen LogP contribution in [0.15, 0.2) is 169 Å². The number of nitrogens with one attached hydrogen (secondary N) is 1. The summed E-state index contributed by atoms with van der Waals surface area (Å²) in [7, 11) is 0. The number of nitrogens with zero attached hydrogens (tertiary/aromatic N) is 1. The fourth-order valence-electron chi connectivity index (χ4n) is 10.3. The molecule has 7 aromatic carbocycles. The Morgan fingerprint density at radius 1 is 0.534 bits per heavy atom. The van der Waals surface area contributed by atoms with Crippen molar-refractivity contribution in [2.75, 3.05) is 5.32 Å². The fraction of sp³-hybridized carbons (Fsp3) is 0.0755. The van der Waals surface area contributed by atoms with E-state index >= 15 is 0 Å². The van der Waals surface area contributed by atoms with Crippen LogP contribution < -0.4 is 5.32 Å². The van der Waals surface area contributed by atoms with Crippen molar-refractivity contribution in [3.05, 3.63) is 179 Å². The van der Waals surface area contributed by atoms with Crippen LogP contribution >= 0.6 is 0 Å². The Bertz CT molecular complexity index is 3600. The Kier molecular flexibility index (Phi) is 5.92. The van der Waals surface area contributed by atoms with Gasteiger partial charge in [0.1, 0.15) is 40.0 Å². The molecule has 4 heterocycles. The summed E-state index contributed by atoms with van der Waals surface area (Å²) in [6.07, 6.45) is 13.2. The molecule has 2 unspecified atom stereocenters. The Balaban J connectivity index is 0.967. The quantitative estimate of drug-likeness (QED) is 0.182. The highest BCUT2D eigenvalue weighted by Crippen LogP contribution is 2.61. The van der Waals surface area contributed by atoms with E-state index in [0.29, 0.717) is 0 Å². The maximum Gasteiger partial charge on any atom is 0.177 e. The molecule has 14 rings (SSSR count). The number of allylic oxidation sites excluding steroid dienone is 5. The minimum atomic E-state index is -0.258. The third-order valence-corrected chi connectivity index (χ3v) is 12.9. The van der Waals surface area contributed by atoms with Crippen LogP contribution in [0.3, 0.4) is 0 Å². The van der Waals surface area contributed by atoms with E-state index in [4.69, 9.17) is 18.2 Å². The maximum atomic E-state index is 6.93. The number of fused-ring (bicyclic) bond motifs is 11. The van der Waals surface area contributed by atoms with Gasteiger partial charge in [-0.3, -0.25) is 4.99 Å². The first-order chi connectivity index (χ1) is 28.8. The highest BCUT2D eigenvalue weighted by Gasteiger charge is 2.44. The van der Waals surface area contributed by atoms with Gasteiger partial charge in [-0.2, -0.15) is 0 Å². The van der Waals surface area contributed by atoms with Gasteiger partial charge in [-0.25, -0.2) is 0 Å². The van der Waals surface area contributed by atoms with Gasteiger partial charge in [0.25, 0.3) is 0 Å². The molecule has 3 aliphatic carbocycles. The lowest BCUT2D eigenvalue weighted by Gasteiger charge is -2.25. The van der Waals surface area contributed by atoms with Gasteiger partial charge >= 0.3 is 0 Å². The first-order valence-corrected chi connectivity index (χ1v) is 20.2. The van der Waals surface area contributed by atoms with Crippen LogP contribution in [0.2, 0.25) is 0 Å². The summed E-state index contributed by atoms with van der Waals surface area (Å²) < 4.78 is 20.1. The van der Waals surface area contributed by atoms with Crippen molar-refractivity contribution in [3.63, 3.8) is 0 Å². The molecule has 0 saturated heterocycles. The lowest BCUT2D eigenvalue weighted by atomic mass is 9.90. The summed E-state index contributed by atoms with van der Waals surface area (Å²) in [6.45, 7) is 0. The molecule has 1 N–H and O–H groups in total. The number of rotatable bonds is 4. The van der Waals surface area contributed by atoms with Crippen LogP contribution in [0.1, 0.15) is 41.1 Å². The van der Waals surface area contributed by atoms with Crippen LogP contribution in [0.4, 0.5) is 5.69 Å². The first-order valence-electron chi connectivity index (χ1n) is 20.2. The van der Waals surface area contributed by atoms with Gasteiger partial charge in [0.2, 0.25) is 0 Å². The highest BCUT2D eigenvalue weighted by atomic mass is 16.3. The van der Waals surface area contributed by atoms with Gasteiger partial charge < -0.3 is 18.6 Å². The van der Waals surface area contributed by atoms with E-state index in [-0.39, 0.29) is 12.1 Å². The summed E-state index contributed by atoms with van der Waals surface area (Å²) in [5.74, 6) is 1.89. The average Bonchev–Trinajstić information content (AvgIpc) is 3.51. The molecule has 0 amide bonds. The molecule has 0 bridgehead atoms. The lowest BCUT2D eigenvalue weighted by Crippen LogP contribution is -2.27. The molecule has 5 heteroatoms. The van der Waals surface area contributed by atoms with Crippen molar-refractivity contribution in [2.45, 2.75) is 19.0 Å². The zero-order valence-electron chi connectivity index (χ0n) is 31.2. The Hall–Kier alpha value is -7.37. The zero-order valence-corrected chi connectivity index (χ0v) is 31.2. The smallest absolute Gasteiger partial charge is 0.177 e. The second-order valence-corrected chi connectivity index (χ2v) is 16.0. The van der Waals surface area contributed by atoms with Crippen molar-refractivity contribution in [1.82, 2.24) is 0 Å². The summed E-state index contributed by atoms with van der Waals surface area (Å²) in [5, 5.41) is 13.3. The molecule has 0 saturated carbocycles. The molecule has 0 radical (unpaired) electrons. The summed E-state index contributed by atoms with van der Waals surface area (Å²) >= 11 is 0. The molecule has 2 atom stereocenters. The zero-order chi connectivity index (χ0) is 37.6. The van der Waals surface area contributed by atoms with Crippen LogP contribution in [-0.2, 0) is 0 Å². The minimum Gasteiger partial charge on any atom is -0.456 e. The molecule has 4 aliphatic rings. The van der Waals surface area contributed by atoms with Crippen LogP contribution in [0.25, 0.3) is 93.8 Å². The molecule has 5 nitrogen and oxygen atoms in total. The number of anilines is 1. The van der Waals surface area contributed by atoms with Gasteiger partial charge in [0, 0.05) is 44.2 Å². The lowest BCUT2D eigenvalue weighted by molar-refractivity contribution is 0.598. The average molecular weight is 745 g/mol. The second kappa shape index (κ2) is 11.1. The molecule has 272 valence electrons. The summed E-state index contributed by atoms with van der Waals surface area (Å²) in [5.41, 5.74) is 14.8. The number of benzene rings is 7. The van der Waals surface area contributed by atoms with E-state index in [2.05, 4.69) is 157 Å². The standard InChI is InChI=1S/C53H32N2O3/c1-3-11-28(12-4-1)30-23-26-39-38(27-30)50-52(57-39)49(54-53(55-50)29-13-5-2-6-14-29)36-19-10-20-40-44(36)37-25-24-35-45(48(35)51(37)58-40)33-17-7-15-31-32-16-8-21-41-46(32)47-34(43(31)33)18-9-22-42(47)56-41/h1,3-5,7-27,35,53,55H,2,6H2. The van der Waals surface area contributed by atoms with Crippen LogP contribution in [-0.4, -0.2) is 11.9 Å². The predicted octanol–water partition coefficient (Wildman–Crippen LogP) is 13.9. The number of hydrogen-bond acceptors (Lipinski definition) is 5. The van der Waals surface area contributed by atoms with E-state index in [0.717, 1.165) is 85.6 Å². The minimum absolute atomic E-state index is 0.190. The van der Waals surface area contributed by atoms with Crippen molar-refractivity contribution in [3.8, 4) is 11.1 Å². The van der Waals surface area contributed by atoms with Crippen molar-refractivity contribution >= 4 is 94.0 Å². The number of aliphatic imine (C=N–C) groups is 1. The predicted molar refractivity (Wildman–Crippen MR) is 237 cm³/mol. The molecule has 1 aliphatic heterocycles. The van der Waals surface area contributed by atoms with Crippen LogP contribution in [0, 0.1) is 5.92 Å². The molecule has 0 spiro atoms. The van der Waals surface area contributed by atoms with Gasteiger partial charge in [-0.15, -0.1) is 0 Å². The fourth-order valence-corrected chi connectivity index (χ4v) is 10.3. The van der Waals surface area contributed by atoms with E-state index in [9.17, 15) is 0 Å². The Morgan fingerprint density at radius 2 is 1.28 bits per heavy atom. The molecule has 10 aromatic rings. The van der Waals surface area contributed by atoms with E-state index in [1.54, 1.807) is 0 Å². The van der Waals surface area contributed by atoms with Crippen molar-refractivity contribution < 1.29 is 13.3 Å². The Morgan fingerprint density at radius 3 is 2.12 bits per heavy atom. The Labute approximate surface area is 331 Å². The monoisotopic (exact) mass is 744 g/mol. The largest absolute Gasteiger partial charge is 0.456 e. The number of hydrogen-bond donors (Lipinski definition) is 1. The highest BCUT2D eigenvalue weighted by molar-refractivity contribution is 6.36. The molecule has 3 aromatic heterocycles. The number of furan rings is 3. The normalized spacial score (nSPS) is 18.3.